The summed E-state index contributed by atoms with van der Waals surface area (Å²) >= 11 is 0. The molecule has 4 heteroatoms. The molecule has 0 saturated heterocycles. The molecule has 0 aromatic rings. The Kier molecular flexibility index (Phi) is 14.3. The Morgan fingerprint density at radius 3 is 1.82 bits per heavy atom. The van der Waals surface area contributed by atoms with E-state index in [0.29, 0.717) is 13.0 Å². The van der Waals surface area contributed by atoms with E-state index in [-0.39, 0.29) is 19.2 Å². The van der Waals surface area contributed by atoms with Crippen LogP contribution in [0.1, 0.15) is 20.3 Å². The molecule has 0 amide bonds. The fourth-order valence-electron chi connectivity index (χ4n) is 0.274. The van der Waals surface area contributed by atoms with Gasteiger partial charge in [0, 0.05) is 20.1 Å². The van der Waals surface area contributed by atoms with Crippen molar-refractivity contribution in [3.8, 4) is 0 Å². The fourth-order valence-corrected chi connectivity index (χ4v) is 0.274. The molecule has 0 aliphatic carbocycles. The highest BCUT2D eigenvalue weighted by molar-refractivity contribution is 5.65. The summed E-state index contributed by atoms with van der Waals surface area (Å²) in [5.74, 6) is -0.211. The molecule has 0 atom stereocenters. The summed E-state index contributed by atoms with van der Waals surface area (Å²) in [5, 5.41) is 15.8. The molecular formula is C7H16O4. The van der Waals surface area contributed by atoms with Crippen molar-refractivity contribution in [3.63, 3.8) is 0 Å². The van der Waals surface area contributed by atoms with Crippen molar-refractivity contribution in [1.29, 1.82) is 0 Å². The molecule has 11 heavy (non-hydrogen) atoms. The Morgan fingerprint density at radius 1 is 1.36 bits per heavy atom. The number of hydrogen-bond donors (Lipinski definition) is 2. The standard InChI is InChI=1S/C4H8O2.C3H8O2/c1-3-6-4(2)5;4-2-1-3-5/h3H2,1-2H3;4-5H,1-3H2. The predicted octanol–water partition coefficient (Wildman–Crippen LogP) is -0.0695. The molecule has 0 aromatic heterocycles. The molecule has 0 aliphatic heterocycles. The van der Waals surface area contributed by atoms with Crippen molar-refractivity contribution in [3.05, 3.63) is 0 Å². The maximum atomic E-state index is 9.82. The van der Waals surface area contributed by atoms with E-state index in [2.05, 4.69) is 4.74 Å². The first-order chi connectivity index (χ1) is 5.18. The van der Waals surface area contributed by atoms with E-state index in [1.54, 1.807) is 6.92 Å². The molecule has 0 aromatic carbocycles. The van der Waals surface area contributed by atoms with E-state index in [1.807, 2.05) is 0 Å². The molecule has 2 N–H and O–H groups in total. The number of rotatable bonds is 3. The average molecular weight is 164 g/mol. The van der Waals surface area contributed by atoms with E-state index in [0.717, 1.165) is 0 Å². The SMILES string of the molecule is CCOC(C)=O.OCCCO. The highest BCUT2D eigenvalue weighted by atomic mass is 16.5. The van der Waals surface area contributed by atoms with Crippen LogP contribution in [0.25, 0.3) is 0 Å². The zero-order valence-corrected chi connectivity index (χ0v) is 7.04. The third kappa shape index (κ3) is 26.6. The lowest BCUT2D eigenvalue weighted by atomic mass is 10.5. The van der Waals surface area contributed by atoms with Gasteiger partial charge in [0.05, 0.1) is 6.61 Å². The lowest BCUT2D eigenvalue weighted by molar-refractivity contribution is -0.140. The third-order valence-electron chi connectivity index (χ3n) is 0.664. The number of aliphatic hydroxyl groups is 2. The first-order valence-electron chi connectivity index (χ1n) is 3.54. The maximum Gasteiger partial charge on any atom is 0.302 e. The van der Waals surface area contributed by atoms with Gasteiger partial charge in [-0.15, -0.1) is 0 Å². The van der Waals surface area contributed by atoms with Gasteiger partial charge in [-0.25, -0.2) is 0 Å². The largest absolute Gasteiger partial charge is 0.466 e. The van der Waals surface area contributed by atoms with Gasteiger partial charge in [-0.2, -0.15) is 0 Å². The molecule has 0 unspecified atom stereocenters. The summed E-state index contributed by atoms with van der Waals surface area (Å²) < 4.78 is 4.40. The van der Waals surface area contributed by atoms with Crippen LogP contribution >= 0.6 is 0 Å². The zero-order valence-electron chi connectivity index (χ0n) is 7.04. The topological polar surface area (TPSA) is 66.8 Å². The lowest BCUT2D eigenvalue weighted by Gasteiger charge is -1.89. The van der Waals surface area contributed by atoms with Gasteiger partial charge in [-0.1, -0.05) is 0 Å². The van der Waals surface area contributed by atoms with E-state index in [1.165, 1.54) is 6.92 Å². The predicted molar refractivity (Wildman–Crippen MR) is 41.1 cm³/mol. The average Bonchev–Trinajstić information content (AvgIpc) is 1.90. The summed E-state index contributed by atoms with van der Waals surface area (Å²) in [6.45, 7) is 3.84. The highest BCUT2D eigenvalue weighted by Crippen LogP contribution is 1.69. The normalized spacial score (nSPS) is 8.00. The number of esters is 1. The Balaban J connectivity index is 0. The second kappa shape index (κ2) is 12.1. The van der Waals surface area contributed by atoms with Gasteiger partial charge in [-0.3, -0.25) is 4.79 Å². The Bertz CT molecular complexity index is 80.5. The molecule has 0 bridgehead atoms. The van der Waals surface area contributed by atoms with Crippen LogP contribution in [0.3, 0.4) is 0 Å². The van der Waals surface area contributed by atoms with Gasteiger partial charge in [0.1, 0.15) is 0 Å². The van der Waals surface area contributed by atoms with Crippen LogP contribution in [0.4, 0.5) is 0 Å². The van der Waals surface area contributed by atoms with Crippen molar-refractivity contribution in [2.75, 3.05) is 19.8 Å². The zero-order chi connectivity index (χ0) is 9.11. The van der Waals surface area contributed by atoms with Gasteiger partial charge < -0.3 is 14.9 Å². The fraction of sp³-hybridized carbons (Fsp3) is 0.857. The van der Waals surface area contributed by atoms with Crippen LogP contribution in [0.2, 0.25) is 0 Å². The molecule has 68 valence electrons. The molecule has 0 fully saturated rings. The molecule has 0 saturated carbocycles. The minimum atomic E-state index is -0.211. The van der Waals surface area contributed by atoms with E-state index in [4.69, 9.17) is 10.2 Å². The molecule has 4 nitrogen and oxygen atoms in total. The lowest BCUT2D eigenvalue weighted by Crippen LogP contribution is -1.95. The van der Waals surface area contributed by atoms with Crippen molar-refractivity contribution in [1.82, 2.24) is 0 Å². The van der Waals surface area contributed by atoms with Gasteiger partial charge >= 0.3 is 5.97 Å². The van der Waals surface area contributed by atoms with Crippen molar-refractivity contribution >= 4 is 5.97 Å². The van der Waals surface area contributed by atoms with Crippen LogP contribution in [-0.4, -0.2) is 36.0 Å². The molecule has 0 rings (SSSR count). The van der Waals surface area contributed by atoms with Crippen LogP contribution in [-0.2, 0) is 9.53 Å². The number of carbonyl (C=O) groups is 1. The van der Waals surface area contributed by atoms with Crippen molar-refractivity contribution in [2.24, 2.45) is 0 Å². The van der Waals surface area contributed by atoms with Crippen LogP contribution < -0.4 is 0 Å². The third-order valence-corrected chi connectivity index (χ3v) is 0.664. The van der Waals surface area contributed by atoms with E-state index in [9.17, 15) is 4.79 Å². The van der Waals surface area contributed by atoms with Crippen LogP contribution in [0, 0.1) is 0 Å². The summed E-state index contributed by atoms with van der Waals surface area (Å²) in [7, 11) is 0. The van der Waals surface area contributed by atoms with Crippen LogP contribution in [0.5, 0.6) is 0 Å². The Hall–Kier alpha value is -0.610. The quantitative estimate of drug-likeness (QED) is 0.573. The van der Waals surface area contributed by atoms with Crippen molar-refractivity contribution < 1.29 is 19.7 Å². The number of carbonyl (C=O) groups excluding carboxylic acids is 1. The summed E-state index contributed by atoms with van der Waals surface area (Å²) in [5.41, 5.74) is 0. The molecule has 0 spiro atoms. The monoisotopic (exact) mass is 164 g/mol. The Labute approximate surface area is 66.8 Å². The highest BCUT2D eigenvalue weighted by Gasteiger charge is 1.81. The number of aliphatic hydroxyl groups excluding tert-OH is 2. The molecular weight excluding hydrogens is 148 g/mol. The minimum absolute atomic E-state index is 0.0938. The Morgan fingerprint density at radius 2 is 1.82 bits per heavy atom. The van der Waals surface area contributed by atoms with Gasteiger partial charge in [0.2, 0.25) is 0 Å². The number of ether oxygens (including phenoxy) is 1. The van der Waals surface area contributed by atoms with Crippen LogP contribution in [0.15, 0.2) is 0 Å². The molecule has 0 aliphatic rings. The summed E-state index contributed by atoms with van der Waals surface area (Å²) in [4.78, 5) is 9.82. The van der Waals surface area contributed by atoms with E-state index < -0.39 is 0 Å². The molecule has 0 heterocycles. The van der Waals surface area contributed by atoms with Gasteiger partial charge in [0.15, 0.2) is 0 Å². The smallest absolute Gasteiger partial charge is 0.302 e. The summed E-state index contributed by atoms with van der Waals surface area (Å²) in [6, 6.07) is 0. The number of hydrogen-bond acceptors (Lipinski definition) is 4. The minimum Gasteiger partial charge on any atom is -0.466 e. The first-order valence-corrected chi connectivity index (χ1v) is 3.54. The summed E-state index contributed by atoms with van der Waals surface area (Å²) in [6.07, 6.45) is 0.500. The van der Waals surface area contributed by atoms with Gasteiger partial charge in [-0.05, 0) is 13.3 Å². The van der Waals surface area contributed by atoms with Gasteiger partial charge in [0.25, 0.3) is 0 Å². The van der Waals surface area contributed by atoms with E-state index >= 15 is 0 Å². The second-order valence-electron chi connectivity index (χ2n) is 1.73. The maximum absolute atomic E-state index is 9.82. The second-order valence-corrected chi connectivity index (χ2v) is 1.73. The molecule has 0 radical (unpaired) electrons. The first kappa shape index (κ1) is 13.0. The van der Waals surface area contributed by atoms with Crippen molar-refractivity contribution in [2.45, 2.75) is 20.3 Å².